The molecule has 0 N–H and O–H groups in total. The zero-order valence-corrected chi connectivity index (χ0v) is 11.6. The molecular weight excluding hydrogens is 296 g/mol. The summed E-state index contributed by atoms with van der Waals surface area (Å²) < 4.78 is 7.59. The molecule has 2 rings (SSSR count). The predicted octanol–water partition coefficient (Wildman–Crippen LogP) is 2.74. The minimum atomic E-state index is -0.202. The van der Waals surface area contributed by atoms with E-state index in [1.54, 1.807) is 17.8 Å². The van der Waals surface area contributed by atoms with Crippen LogP contribution in [0.15, 0.2) is 41.1 Å². The molecule has 94 valence electrons. The third kappa shape index (κ3) is 3.20. The van der Waals surface area contributed by atoms with Crippen molar-refractivity contribution in [2.45, 2.75) is 13.3 Å². The van der Waals surface area contributed by atoms with Crippen molar-refractivity contribution in [1.29, 1.82) is 0 Å². The summed E-state index contributed by atoms with van der Waals surface area (Å²) in [4.78, 5) is 11.3. The number of nitrogens with zero attached hydrogens (tertiary/aromatic N) is 2. The van der Waals surface area contributed by atoms with Crippen LogP contribution < -0.4 is 0 Å². The molecule has 0 bridgehead atoms. The molecule has 0 radical (unpaired) electrons. The van der Waals surface area contributed by atoms with Crippen LogP contribution in [-0.2, 0) is 16.0 Å². The Bertz CT molecular complexity index is 534. The summed E-state index contributed by atoms with van der Waals surface area (Å²) in [5.74, 6) is -0.202. The number of hydrogen-bond acceptors (Lipinski definition) is 3. The average Bonchev–Trinajstić information content (AvgIpc) is 2.77. The first-order valence-corrected chi connectivity index (χ1v) is 6.43. The van der Waals surface area contributed by atoms with E-state index in [1.165, 1.54) is 0 Å². The maximum atomic E-state index is 11.3. The molecule has 2 aromatic rings. The third-order valence-electron chi connectivity index (χ3n) is 2.41. The number of rotatable bonds is 4. The summed E-state index contributed by atoms with van der Waals surface area (Å²) in [6, 6.07) is 7.66. The summed E-state index contributed by atoms with van der Waals surface area (Å²) in [6.07, 6.45) is 3.91. The van der Waals surface area contributed by atoms with E-state index < -0.39 is 0 Å². The molecule has 0 aliphatic rings. The second-order valence-corrected chi connectivity index (χ2v) is 4.67. The Kier molecular flexibility index (Phi) is 4.15. The molecule has 1 aromatic heterocycles. The topological polar surface area (TPSA) is 44.1 Å². The molecule has 0 saturated heterocycles. The summed E-state index contributed by atoms with van der Waals surface area (Å²) in [5.41, 5.74) is 1.89. The van der Waals surface area contributed by atoms with Gasteiger partial charge in [-0.2, -0.15) is 5.10 Å². The van der Waals surface area contributed by atoms with Gasteiger partial charge in [-0.15, -0.1) is 0 Å². The van der Waals surface area contributed by atoms with Gasteiger partial charge in [0.1, 0.15) is 0 Å². The number of benzene rings is 1. The van der Waals surface area contributed by atoms with Crippen LogP contribution >= 0.6 is 15.9 Å². The molecule has 18 heavy (non-hydrogen) atoms. The Labute approximate surface area is 114 Å². The molecule has 0 atom stereocenters. The molecule has 0 aliphatic heterocycles. The van der Waals surface area contributed by atoms with Crippen molar-refractivity contribution in [1.82, 2.24) is 9.78 Å². The zero-order valence-electron chi connectivity index (χ0n) is 9.97. The summed E-state index contributed by atoms with van der Waals surface area (Å²) in [5, 5.41) is 4.18. The highest BCUT2D eigenvalue weighted by Crippen LogP contribution is 2.13. The Morgan fingerprint density at radius 3 is 2.67 bits per heavy atom. The smallest absolute Gasteiger partial charge is 0.310 e. The highest BCUT2D eigenvalue weighted by molar-refractivity contribution is 9.10. The predicted molar refractivity (Wildman–Crippen MR) is 71.6 cm³/mol. The van der Waals surface area contributed by atoms with E-state index in [1.807, 2.05) is 30.5 Å². The largest absolute Gasteiger partial charge is 0.466 e. The Morgan fingerprint density at radius 1 is 1.39 bits per heavy atom. The van der Waals surface area contributed by atoms with Gasteiger partial charge in [-0.05, 0) is 40.5 Å². The van der Waals surface area contributed by atoms with Crippen molar-refractivity contribution < 1.29 is 9.53 Å². The van der Waals surface area contributed by atoms with Gasteiger partial charge in [0, 0.05) is 6.20 Å². The van der Waals surface area contributed by atoms with E-state index in [0.717, 1.165) is 15.7 Å². The van der Waals surface area contributed by atoms with Gasteiger partial charge >= 0.3 is 5.97 Å². The van der Waals surface area contributed by atoms with Gasteiger partial charge in [0.2, 0.25) is 0 Å². The lowest BCUT2D eigenvalue weighted by molar-refractivity contribution is -0.142. The maximum Gasteiger partial charge on any atom is 0.310 e. The zero-order chi connectivity index (χ0) is 13.0. The molecule has 0 aliphatic carbocycles. The maximum absolute atomic E-state index is 11.3. The lowest BCUT2D eigenvalue weighted by Crippen LogP contribution is -2.07. The summed E-state index contributed by atoms with van der Waals surface area (Å²) >= 11 is 3.35. The molecule has 0 spiro atoms. The highest BCUT2D eigenvalue weighted by atomic mass is 79.9. The van der Waals surface area contributed by atoms with Gasteiger partial charge in [0.15, 0.2) is 0 Å². The van der Waals surface area contributed by atoms with Crippen molar-refractivity contribution >= 4 is 21.9 Å². The van der Waals surface area contributed by atoms with Crippen LogP contribution in [0.2, 0.25) is 0 Å². The minimum absolute atomic E-state index is 0.202. The summed E-state index contributed by atoms with van der Waals surface area (Å²) in [7, 11) is 0. The molecule has 0 saturated carbocycles. The molecule has 4 nitrogen and oxygen atoms in total. The van der Waals surface area contributed by atoms with Crippen LogP contribution in [0.1, 0.15) is 12.5 Å². The van der Waals surface area contributed by atoms with Gasteiger partial charge in [0.25, 0.3) is 0 Å². The first-order chi connectivity index (χ1) is 8.69. The van der Waals surface area contributed by atoms with Crippen LogP contribution in [0.3, 0.4) is 0 Å². The van der Waals surface area contributed by atoms with E-state index in [9.17, 15) is 4.79 Å². The van der Waals surface area contributed by atoms with Gasteiger partial charge < -0.3 is 4.74 Å². The Morgan fingerprint density at radius 2 is 2.11 bits per heavy atom. The lowest BCUT2D eigenvalue weighted by Gasteiger charge is -2.04. The standard InChI is InChI=1S/C13H13BrN2O2/c1-2-18-13(17)7-10-3-5-12(6-4-10)16-9-11(14)8-15-16/h3-6,8-9H,2,7H2,1H3. The second kappa shape index (κ2) is 5.82. The number of esters is 1. The number of carbonyl (C=O) groups is 1. The number of halogens is 1. The van der Waals surface area contributed by atoms with Crippen LogP contribution in [0.25, 0.3) is 5.69 Å². The Balaban J connectivity index is 2.08. The van der Waals surface area contributed by atoms with E-state index in [0.29, 0.717) is 13.0 Å². The molecule has 1 aromatic carbocycles. The fraction of sp³-hybridized carbons (Fsp3) is 0.231. The minimum Gasteiger partial charge on any atom is -0.466 e. The van der Waals surface area contributed by atoms with E-state index in [-0.39, 0.29) is 5.97 Å². The fourth-order valence-electron chi connectivity index (χ4n) is 1.59. The van der Waals surface area contributed by atoms with Gasteiger partial charge in [-0.1, -0.05) is 12.1 Å². The normalized spacial score (nSPS) is 10.3. The second-order valence-electron chi connectivity index (χ2n) is 3.75. The average molecular weight is 309 g/mol. The molecule has 1 heterocycles. The van der Waals surface area contributed by atoms with Crippen molar-refractivity contribution in [3.8, 4) is 5.69 Å². The van der Waals surface area contributed by atoms with Gasteiger partial charge in [-0.25, -0.2) is 4.68 Å². The van der Waals surface area contributed by atoms with Crippen molar-refractivity contribution in [2.24, 2.45) is 0 Å². The highest BCUT2D eigenvalue weighted by Gasteiger charge is 2.04. The van der Waals surface area contributed by atoms with Gasteiger partial charge in [0.05, 0.1) is 29.4 Å². The van der Waals surface area contributed by atoms with Crippen LogP contribution in [0, 0.1) is 0 Å². The van der Waals surface area contributed by atoms with Crippen LogP contribution in [0.4, 0.5) is 0 Å². The van der Waals surface area contributed by atoms with E-state index >= 15 is 0 Å². The van der Waals surface area contributed by atoms with Crippen molar-refractivity contribution in [3.63, 3.8) is 0 Å². The SMILES string of the molecule is CCOC(=O)Cc1ccc(-n2cc(Br)cn2)cc1. The number of hydrogen-bond donors (Lipinski definition) is 0. The van der Waals surface area contributed by atoms with E-state index in [2.05, 4.69) is 21.0 Å². The quantitative estimate of drug-likeness (QED) is 0.816. The fourth-order valence-corrected chi connectivity index (χ4v) is 1.87. The first-order valence-electron chi connectivity index (χ1n) is 5.64. The molecule has 0 unspecified atom stereocenters. The third-order valence-corrected chi connectivity index (χ3v) is 2.82. The molecule has 0 amide bonds. The van der Waals surface area contributed by atoms with Crippen molar-refractivity contribution in [3.05, 3.63) is 46.7 Å². The molecule has 0 fully saturated rings. The lowest BCUT2D eigenvalue weighted by atomic mass is 10.1. The van der Waals surface area contributed by atoms with Gasteiger partial charge in [-0.3, -0.25) is 4.79 Å². The Hall–Kier alpha value is -1.62. The molecular formula is C13H13BrN2O2. The number of aromatic nitrogens is 2. The number of ether oxygens (including phenoxy) is 1. The monoisotopic (exact) mass is 308 g/mol. The summed E-state index contributed by atoms with van der Waals surface area (Å²) in [6.45, 7) is 2.22. The van der Waals surface area contributed by atoms with Crippen molar-refractivity contribution in [2.75, 3.05) is 6.61 Å². The first kappa shape index (κ1) is 12.8. The van der Waals surface area contributed by atoms with E-state index in [4.69, 9.17) is 4.74 Å². The van der Waals surface area contributed by atoms with Crippen LogP contribution in [-0.4, -0.2) is 22.4 Å². The number of carbonyl (C=O) groups excluding carboxylic acids is 1. The van der Waals surface area contributed by atoms with Crippen LogP contribution in [0.5, 0.6) is 0 Å². The molecule has 5 heteroatoms.